The molecule has 150 valence electrons. The lowest BCUT2D eigenvalue weighted by Crippen LogP contribution is -2.19. The van der Waals surface area contributed by atoms with Crippen molar-refractivity contribution in [3.63, 3.8) is 0 Å². The average Bonchev–Trinajstić information content (AvgIpc) is 3.06. The van der Waals surface area contributed by atoms with E-state index in [9.17, 15) is 9.59 Å². The van der Waals surface area contributed by atoms with Crippen LogP contribution in [0, 0.1) is 3.57 Å². The summed E-state index contributed by atoms with van der Waals surface area (Å²) < 4.78 is 10.8. The number of methoxy groups -OCH3 is 1. The van der Waals surface area contributed by atoms with Crippen LogP contribution in [-0.2, 0) is 20.7 Å². The van der Waals surface area contributed by atoms with E-state index < -0.39 is 5.97 Å². The molecule has 1 N–H and O–H groups in total. The molecule has 0 spiro atoms. The first-order valence-corrected chi connectivity index (χ1v) is 10.8. The average molecular weight is 522 g/mol. The molecule has 1 aliphatic rings. The van der Waals surface area contributed by atoms with Crippen molar-refractivity contribution in [1.82, 2.24) is 5.32 Å². The number of esters is 1. The number of thioether (sulfide) groups is 1. The molecule has 0 aromatic heterocycles. The Morgan fingerprint density at radius 2 is 2.00 bits per heavy atom. The van der Waals surface area contributed by atoms with Gasteiger partial charge in [0.25, 0.3) is 5.91 Å². The van der Waals surface area contributed by atoms with Gasteiger partial charge in [-0.25, -0.2) is 9.79 Å². The van der Waals surface area contributed by atoms with Gasteiger partial charge in [0.1, 0.15) is 5.75 Å². The largest absolute Gasteiger partial charge is 0.481 e. The maximum Gasteiger partial charge on any atom is 0.343 e. The van der Waals surface area contributed by atoms with Gasteiger partial charge in [-0.3, -0.25) is 4.79 Å². The fourth-order valence-electron chi connectivity index (χ4n) is 2.47. The lowest BCUT2D eigenvalue weighted by Gasteiger charge is -2.07. The number of nitrogens with one attached hydrogen (secondary N) is 1. The molecule has 0 bridgehead atoms. The van der Waals surface area contributed by atoms with Crippen LogP contribution in [0.1, 0.15) is 18.1 Å². The van der Waals surface area contributed by atoms with Crippen LogP contribution in [0.15, 0.2) is 52.4 Å². The van der Waals surface area contributed by atoms with E-state index in [1.165, 1.54) is 24.4 Å². The molecule has 6 nitrogen and oxygen atoms in total. The summed E-state index contributed by atoms with van der Waals surface area (Å²) in [6.45, 7) is 1.95. The zero-order valence-corrected chi connectivity index (χ0v) is 18.9. The quantitative estimate of drug-likeness (QED) is 0.348. The molecule has 1 saturated heterocycles. The Morgan fingerprint density at radius 1 is 1.24 bits per heavy atom. The lowest BCUT2D eigenvalue weighted by atomic mass is 10.2. The van der Waals surface area contributed by atoms with Crippen molar-refractivity contribution in [2.24, 2.45) is 4.99 Å². The number of aryl methyl sites for hydroxylation is 1. The van der Waals surface area contributed by atoms with E-state index in [1.54, 1.807) is 12.1 Å². The highest BCUT2D eigenvalue weighted by atomic mass is 127. The van der Waals surface area contributed by atoms with E-state index in [1.807, 2.05) is 36.4 Å². The van der Waals surface area contributed by atoms with E-state index in [-0.39, 0.29) is 12.5 Å². The normalized spacial score (nSPS) is 16.2. The second-order valence-electron chi connectivity index (χ2n) is 6.06. The molecule has 0 atom stereocenters. The van der Waals surface area contributed by atoms with Gasteiger partial charge in [0.05, 0.1) is 21.3 Å². The summed E-state index contributed by atoms with van der Waals surface area (Å²) in [4.78, 5) is 28.5. The number of halogens is 1. The molecule has 8 heteroatoms. The highest BCUT2D eigenvalue weighted by molar-refractivity contribution is 14.1. The maximum absolute atomic E-state index is 12.3. The van der Waals surface area contributed by atoms with E-state index >= 15 is 0 Å². The van der Waals surface area contributed by atoms with Crippen molar-refractivity contribution in [3.05, 3.63) is 62.1 Å². The minimum absolute atomic E-state index is 0.149. The van der Waals surface area contributed by atoms with Crippen LogP contribution in [0.4, 0.5) is 5.69 Å². The smallest absolute Gasteiger partial charge is 0.343 e. The van der Waals surface area contributed by atoms with E-state index in [2.05, 4.69) is 44.6 Å². The van der Waals surface area contributed by atoms with Crippen molar-refractivity contribution in [1.29, 1.82) is 0 Å². The Balaban J connectivity index is 1.71. The molecule has 1 amide bonds. The van der Waals surface area contributed by atoms with Gasteiger partial charge in [0.2, 0.25) is 0 Å². The summed E-state index contributed by atoms with van der Waals surface area (Å²) in [6, 6.07) is 13.4. The van der Waals surface area contributed by atoms with Crippen molar-refractivity contribution in [2.45, 2.75) is 13.3 Å². The number of hydrogen-bond donors (Lipinski definition) is 1. The summed E-state index contributed by atoms with van der Waals surface area (Å²) in [7, 11) is 1.31. The Kier molecular flexibility index (Phi) is 7.32. The third kappa shape index (κ3) is 5.83. The summed E-state index contributed by atoms with van der Waals surface area (Å²) in [5.41, 5.74) is 2.89. The second-order valence-corrected chi connectivity index (χ2v) is 8.25. The van der Waals surface area contributed by atoms with Crippen LogP contribution >= 0.6 is 34.4 Å². The Hall–Kier alpha value is -2.33. The lowest BCUT2D eigenvalue weighted by molar-refractivity contribution is -0.142. The van der Waals surface area contributed by atoms with Gasteiger partial charge in [0.15, 0.2) is 11.8 Å². The van der Waals surface area contributed by atoms with Crippen LogP contribution < -0.4 is 10.1 Å². The molecular weight excluding hydrogens is 503 g/mol. The van der Waals surface area contributed by atoms with Gasteiger partial charge in [-0.05, 0) is 82.2 Å². The van der Waals surface area contributed by atoms with Gasteiger partial charge in [-0.15, -0.1) is 0 Å². The highest BCUT2D eigenvalue weighted by Gasteiger charge is 2.23. The predicted octanol–water partition coefficient (Wildman–Crippen LogP) is 4.30. The zero-order valence-electron chi connectivity index (χ0n) is 15.9. The number of amides is 1. The van der Waals surface area contributed by atoms with Gasteiger partial charge in [0, 0.05) is 0 Å². The number of amidine groups is 1. The first-order valence-electron chi connectivity index (χ1n) is 8.86. The van der Waals surface area contributed by atoms with Gasteiger partial charge >= 0.3 is 5.97 Å². The number of rotatable bonds is 6. The molecule has 0 saturated carbocycles. The SMILES string of the molecule is CCc1ccc(N=C2NC(=O)/C(=C/c3ccc(OCC(=O)OC)c(I)c3)S2)cc1. The zero-order chi connectivity index (χ0) is 20.8. The third-order valence-corrected chi connectivity index (χ3v) is 5.81. The summed E-state index contributed by atoms with van der Waals surface area (Å²) in [5, 5.41) is 3.35. The first kappa shape index (κ1) is 21.4. The van der Waals surface area contributed by atoms with Crippen LogP contribution in [-0.4, -0.2) is 30.8 Å². The predicted molar refractivity (Wildman–Crippen MR) is 123 cm³/mol. The van der Waals surface area contributed by atoms with Crippen molar-refractivity contribution in [2.75, 3.05) is 13.7 Å². The monoisotopic (exact) mass is 522 g/mol. The molecule has 0 radical (unpaired) electrons. The van der Waals surface area contributed by atoms with Crippen LogP contribution in [0.25, 0.3) is 6.08 Å². The van der Waals surface area contributed by atoms with Crippen LogP contribution in [0.5, 0.6) is 5.75 Å². The molecule has 0 unspecified atom stereocenters. The van der Waals surface area contributed by atoms with Gasteiger partial charge in [-0.2, -0.15) is 0 Å². The molecule has 1 fully saturated rings. The highest BCUT2D eigenvalue weighted by Crippen LogP contribution is 2.30. The minimum atomic E-state index is -0.442. The van der Waals surface area contributed by atoms with Crippen molar-refractivity contribution in [3.8, 4) is 5.75 Å². The summed E-state index contributed by atoms with van der Waals surface area (Å²) >= 11 is 3.43. The number of benzene rings is 2. The van der Waals surface area contributed by atoms with Crippen molar-refractivity contribution >= 4 is 63.2 Å². The molecular formula is C21H19IN2O4S. The number of hydrogen-bond acceptors (Lipinski definition) is 6. The fourth-order valence-corrected chi connectivity index (χ4v) is 4.01. The first-order chi connectivity index (χ1) is 14.0. The molecule has 1 aliphatic heterocycles. The molecule has 1 heterocycles. The Morgan fingerprint density at radius 3 is 2.66 bits per heavy atom. The maximum atomic E-state index is 12.3. The van der Waals surface area contributed by atoms with E-state index in [0.29, 0.717) is 15.8 Å². The number of carbonyl (C=O) groups excluding carboxylic acids is 2. The standard InChI is InChI=1S/C21H19IN2O4S/c1-3-13-4-7-15(8-5-13)23-21-24-20(26)18(29-21)11-14-6-9-17(16(22)10-14)28-12-19(25)27-2/h4-11H,3,12H2,1-2H3,(H,23,24,26)/b18-11-. The third-order valence-electron chi connectivity index (χ3n) is 4.05. The molecule has 29 heavy (non-hydrogen) atoms. The number of carbonyl (C=O) groups is 2. The van der Waals surface area contributed by atoms with Crippen LogP contribution in [0.3, 0.4) is 0 Å². The molecule has 2 aromatic carbocycles. The number of nitrogens with zero attached hydrogens (tertiary/aromatic N) is 1. The van der Waals surface area contributed by atoms with E-state index in [0.717, 1.165) is 21.2 Å². The molecule has 2 aromatic rings. The summed E-state index contributed by atoms with van der Waals surface area (Å²) in [6.07, 6.45) is 2.77. The Labute approximate surface area is 186 Å². The molecule has 0 aliphatic carbocycles. The number of aliphatic imine (C=N–C) groups is 1. The topological polar surface area (TPSA) is 77.0 Å². The second kappa shape index (κ2) is 9.93. The van der Waals surface area contributed by atoms with E-state index in [4.69, 9.17) is 4.74 Å². The summed E-state index contributed by atoms with van der Waals surface area (Å²) in [5.74, 6) is -0.0402. The van der Waals surface area contributed by atoms with Crippen LogP contribution in [0.2, 0.25) is 0 Å². The fraction of sp³-hybridized carbons (Fsp3) is 0.190. The number of ether oxygens (including phenoxy) is 2. The van der Waals surface area contributed by atoms with Crippen molar-refractivity contribution < 1.29 is 19.1 Å². The molecule has 3 rings (SSSR count). The Bertz CT molecular complexity index is 987. The van der Waals surface area contributed by atoms with Gasteiger partial charge in [-0.1, -0.05) is 25.1 Å². The minimum Gasteiger partial charge on any atom is -0.481 e. The van der Waals surface area contributed by atoms with Gasteiger partial charge < -0.3 is 14.8 Å².